The maximum Gasteiger partial charge on any atom is 0.228 e. The van der Waals surface area contributed by atoms with E-state index in [1.807, 2.05) is 18.2 Å². The van der Waals surface area contributed by atoms with Crippen LogP contribution in [0.2, 0.25) is 5.02 Å². The third kappa shape index (κ3) is 5.29. The van der Waals surface area contributed by atoms with Crippen LogP contribution in [-0.2, 0) is 24.4 Å². The smallest absolute Gasteiger partial charge is 0.228 e. The van der Waals surface area contributed by atoms with Crippen molar-refractivity contribution in [3.8, 4) is 5.75 Å². The number of amides is 1. The summed E-state index contributed by atoms with van der Waals surface area (Å²) in [5, 5.41) is 10.2. The van der Waals surface area contributed by atoms with Crippen LogP contribution in [0.3, 0.4) is 0 Å². The SMILES string of the molecule is O=C(Cc1n[nH]c(COc2ccc(Cl)cc2)n1)NCc1ccccn1. The Balaban J connectivity index is 1.46. The number of rotatable bonds is 7. The lowest BCUT2D eigenvalue weighted by Gasteiger charge is -2.03. The molecule has 0 aliphatic carbocycles. The predicted octanol–water partition coefficient (Wildman–Crippen LogP) is 2.29. The average Bonchev–Trinajstić information content (AvgIpc) is 3.08. The zero-order valence-corrected chi connectivity index (χ0v) is 14.0. The molecule has 2 aromatic heterocycles. The average molecular weight is 358 g/mol. The fraction of sp³-hybridized carbons (Fsp3) is 0.176. The second-order valence-electron chi connectivity index (χ2n) is 5.22. The molecule has 0 saturated heterocycles. The Labute approximate surface area is 149 Å². The normalized spacial score (nSPS) is 10.4. The minimum atomic E-state index is -0.171. The highest BCUT2D eigenvalue weighted by Gasteiger charge is 2.09. The Morgan fingerprint density at radius 3 is 2.80 bits per heavy atom. The van der Waals surface area contributed by atoms with Gasteiger partial charge in [-0.3, -0.25) is 14.9 Å². The molecule has 7 nitrogen and oxygen atoms in total. The van der Waals surface area contributed by atoms with Crippen molar-refractivity contribution in [1.29, 1.82) is 0 Å². The lowest BCUT2D eigenvalue weighted by Crippen LogP contribution is -2.25. The van der Waals surface area contributed by atoms with Crippen LogP contribution in [0.25, 0.3) is 0 Å². The molecular formula is C17H16ClN5O2. The second-order valence-corrected chi connectivity index (χ2v) is 5.65. The summed E-state index contributed by atoms with van der Waals surface area (Å²) in [5.41, 5.74) is 0.794. The molecule has 0 atom stereocenters. The fourth-order valence-corrected chi connectivity index (χ4v) is 2.18. The predicted molar refractivity (Wildman–Crippen MR) is 92.0 cm³/mol. The van der Waals surface area contributed by atoms with Gasteiger partial charge in [-0.2, -0.15) is 5.10 Å². The zero-order chi connectivity index (χ0) is 17.5. The van der Waals surface area contributed by atoms with Crippen LogP contribution in [-0.4, -0.2) is 26.1 Å². The summed E-state index contributed by atoms with van der Waals surface area (Å²) in [4.78, 5) is 20.3. The van der Waals surface area contributed by atoms with Gasteiger partial charge in [0, 0.05) is 11.2 Å². The fourth-order valence-electron chi connectivity index (χ4n) is 2.06. The quantitative estimate of drug-likeness (QED) is 0.676. The number of hydrogen-bond donors (Lipinski definition) is 2. The maximum absolute atomic E-state index is 11.9. The van der Waals surface area contributed by atoms with E-state index in [0.29, 0.717) is 29.0 Å². The first-order valence-corrected chi connectivity index (χ1v) is 8.02. The van der Waals surface area contributed by atoms with Gasteiger partial charge in [-0.15, -0.1) is 0 Å². The molecule has 2 N–H and O–H groups in total. The number of hydrogen-bond acceptors (Lipinski definition) is 5. The molecule has 1 amide bonds. The van der Waals surface area contributed by atoms with Gasteiger partial charge in [0.1, 0.15) is 12.4 Å². The Morgan fingerprint density at radius 1 is 1.20 bits per heavy atom. The summed E-state index contributed by atoms with van der Waals surface area (Å²) in [6, 6.07) is 12.6. The summed E-state index contributed by atoms with van der Waals surface area (Å²) in [7, 11) is 0. The summed E-state index contributed by atoms with van der Waals surface area (Å²) < 4.78 is 5.57. The first-order chi connectivity index (χ1) is 12.2. The summed E-state index contributed by atoms with van der Waals surface area (Å²) >= 11 is 5.82. The van der Waals surface area contributed by atoms with Crippen LogP contribution in [0.15, 0.2) is 48.7 Å². The highest BCUT2D eigenvalue weighted by molar-refractivity contribution is 6.30. The monoisotopic (exact) mass is 357 g/mol. The number of benzene rings is 1. The molecule has 0 aliphatic rings. The molecule has 0 saturated carbocycles. The van der Waals surface area contributed by atoms with Gasteiger partial charge in [0.25, 0.3) is 0 Å². The molecule has 3 aromatic rings. The summed E-state index contributed by atoms with van der Waals surface area (Å²) in [6.45, 7) is 0.598. The summed E-state index contributed by atoms with van der Waals surface area (Å²) in [6.07, 6.45) is 1.77. The molecule has 1 aromatic carbocycles. The van der Waals surface area contributed by atoms with Crippen molar-refractivity contribution < 1.29 is 9.53 Å². The molecule has 0 bridgehead atoms. The van der Waals surface area contributed by atoms with Crippen molar-refractivity contribution in [1.82, 2.24) is 25.5 Å². The van der Waals surface area contributed by atoms with E-state index in [2.05, 4.69) is 25.5 Å². The second kappa shape index (κ2) is 8.25. The topological polar surface area (TPSA) is 92.8 Å². The Kier molecular flexibility index (Phi) is 5.58. The van der Waals surface area contributed by atoms with Gasteiger partial charge >= 0.3 is 0 Å². The third-order valence-electron chi connectivity index (χ3n) is 3.28. The third-order valence-corrected chi connectivity index (χ3v) is 3.53. The van der Waals surface area contributed by atoms with E-state index < -0.39 is 0 Å². The van der Waals surface area contributed by atoms with Crippen molar-refractivity contribution in [2.45, 2.75) is 19.6 Å². The van der Waals surface area contributed by atoms with Crippen LogP contribution in [0, 0.1) is 0 Å². The van der Waals surface area contributed by atoms with Gasteiger partial charge in [0.05, 0.1) is 18.7 Å². The molecule has 0 radical (unpaired) electrons. The molecule has 0 aliphatic heterocycles. The van der Waals surface area contributed by atoms with E-state index in [-0.39, 0.29) is 18.9 Å². The number of pyridine rings is 1. The number of carbonyl (C=O) groups excluding carboxylic acids is 1. The minimum Gasteiger partial charge on any atom is -0.486 e. The number of aromatic nitrogens is 4. The van der Waals surface area contributed by atoms with Crippen molar-refractivity contribution in [3.05, 3.63) is 71.0 Å². The van der Waals surface area contributed by atoms with E-state index in [9.17, 15) is 4.79 Å². The number of aromatic amines is 1. The Bertz CT molecular complexity index is 821. The van der Waals surface area contributed by atoms with Crippen LogP contribution < -0.4 is 10.1 Å². The number of nitrogens with zero attached hydrogens (tertiary/aromatic N) is 3. The number of H-pyrrole nitrogens is 1. The van der Waals surface area contributed by atoms with Gasteiger partial charge in [0.15, 0.2) is 11.6 Å². The number of nitrogens with one attached hydrogen (secondary N) is 2. The number of carbonyl (C=O) groups is 1. The molecule has 0 fully saturated rings. The summed E-state index contributed by atoms with van der Waals surface area (Å²) in [5.74, 6) is 1.46. The number of ether oxygens (including phenoxy) is 1. The van der Waals surface area contributed by atoms with E-state index in [1.54, 1.807) is 30.5 Å². The first kappa shape index (κ1) is 16.9. The van der Waals surface area contributed by atoms with Gasteiger partial charge in [-0.1, -0.05) is 17.7 Å². The van der Waals surface area contributed by atoms with Crippen LogP contribution in [0.4, 0.5) is 0 Å². The van der Waals surface area contributed by atoms with Gasteiger partial charge in [-0.25, -0.2) is 4.98 Å². The molecule has 128 valence electrons. The van der Waals surface area contributed by atoms with Crippen LogP contribution in [0.5, 0.6) is 5.75 Å². The van der Waals surface area contributed by atoms with Gasteiger partial charge in [0.2, 0.25) is 5.91 Å². The van der Waals surface area contributed by atoms with Gasteiger partial charge < -0.3 is 10.1 Å². The highest BCUT2D eigenvalue weighted by atomic mass is 35.5. The van der Waals surface area contributed by atoms with Crippen molar-refractivity contribution in [3.63, 3.8) is 0 Å². The Morgan fingerprint density at radius 2 is 2.04 bits per heavy atom. The molecule has 25 heavy (non-hydrogen) atoms. The molecule has 0 unspecified atom stereocenters. The van der Waals surface area contributed by atoms with Gasteiger partial charge in [-0.05, 0) is 36.4 Å². The molecular weight excluding hydrogens is 342 g/mol. The molecule has 2 heterocycles. The van der Waals surface area contributed by atoms with Crippen molar-refractivity contribution in [2.75, 3.05) is 0 Å². The molecule has 0 spiro atoms. The lowest BCUT2D eigenvalue weighted by atomic mass is 10.3. The van der Waals surface area contributed by atoms with Crippen LogP contribution in [0.1, 0.15) is 17.3 Å². The van der Waals surface area contributed by atoms with E-state index in [4.69, 9.17) is 16.3 Å². The lowest BCUT2D eigenvalue weighted by molar-refractivity contribution is -0.120. The van der Waals surface area contributed by atoms with Crippen molar-refractivity contribution >= 4 is 17.5 Å². The Hall–Kier alpha value is -2.93. The highest BCUT2D eigenvalue weighted by Crippen LogP contribution is 2.16. The molecule has 3 rings (SSSR count). The maximum atomic E-state index is 11.9. The van der Waals surface area contributed by atoms with E-state index in [0.717, 1.165) is 5.69 Å². The van der Waals surface area contributed by atoms with E-state index >= 15 is 0 Å². The standard InChI is InChI=1S/C17H16ClN5O2/c18-12-4-6-14(7-5-12)25-11-16-21-15(22-23-16)9-17(24)20-10-13-3-1-2-8-19-13/h1-8H,9-11H2,(H,20,24)(H,21,22,23). The van der Waals surface area contributed by atoms with Crippen molar-refractivity contribution in [2.24, 2.45) is 0 Å². The zero-order valence-electron chi connectivity index (χ0n) is 13.3. The molecule has 8 heteroatoms. The van der Waals surface area contributed by atoms with Crippen LogP contribution >= 0.6 is 11.6 Å². The largest absolute Gasteiger partial charge is 0.486 e. The minimum absolute atomic E-state index is 0.0876. The van der Waals surface area contributed by atoms with E-state index in [1.165, 1.54) is 0 Å². The number of halogens is 1. The first-order valence-electron chi connectivity index (χ1n) is 7.64.